The number of hydrogen-bond donors (Lipinski definition) is 1. The van der Waals surface area contributed by atoms with E-state index in [0.29, 0.717) is 24.6 Å². The number of nitrogens with zero attached hydrogens (tertiary/aromatic N) is 4. The number of piperazine rings is 1. The number of halogens is 1. The van der Waals surface area contributed by atoms with Crippen molar-refractivity contribution in [3.63, 3.8) is 0 Å². The molecule has 144 valence electrons. The number of likely N-dealkylation sites (tertiary alicyclic amines) is 1. The lowest BCUT2D eigenvalue weighted by atomic mass is 10.1. The zero-order valence-electron chi connectivity index (χ0n) is 15.5. The van der Waals surface area contributed by atoms with Gasteiger partial charge in [-0.3, -0.25) is 9.69 Å². The highest BCUT2D eigenvalue weighted by Crippen LogP contribution is 2.22. The first-order valence-corrected chi connectivity index (χ1v) is 9.79. The van der Waals surface area contributed by atoms with Gasteiger partial charge in [0.2, 0.25) is 5.91 Å². The van der Waals surface area contributed by atoms with Crippen molar-refractivity contribution in [3.05, 3.63) is 29.8 Å². The van der Waals surface area contributed by atoms with E-state index < -0.39 is 6.17 Å². The van der Waals surface area contributed by atoms with E-state index in [9.17, 15) is 9.18 Å². The van der Waals surface area contributed by atoms with Gasteiger partial charge in [-0.15, -0.1) is 0 Å². The first-order chi connectivity index (χ1) is 13.1. The molecule has 0 aliphatic carbocycles. The van der Waals surface area contributed by atoms with Crippen LogP contribution in [0.2, 0.25) is 0 Å². The minimum absolute atomic E-state index is 0.0638. The van der Waals surface area contributed by atoms with Gasteiger partial charge < -0.3 is 15.1 Å². The Labute approximate surface area is 159 Å². The summed E-state index contributed by atoms with van der Waals surface area (Å²) in [6, 6.07) is 10.1. The Bertz CT molecular complexity index is 710. The highest BCUT2D eigenvalue weighted by atomic mass is 19.1. The summed E-state index contributed by atoms with van der Waals surface area (Å²) in [5, 5.41) is 12.3. The number of nitrogens with one attached hydrogen (secondary N) is 1. The molecule has 7 heteroatoms. The molecule has 1 N–H and O–H groups in total. The van der Waals surface area contributed by atoms with Crippen molar-refractivity contribution >= 4 is 11.6 Å². The summed E-state index contributed by atoms with van der Waals surface area (Å²) in [4.78, 5) is 19.0. The molecule has 1 aromatic rings. The van der Waals surface area contributed by atoms with Crippen LogP contribution < -0.4 is 10.2 Å². The molecule has 3 atom stereocenters. The standard InChI is InChI=1S/C20H26FN5O/c21-16-5-6-26(14-16)20(27)19-11-18(13-23-19)25-9-7-24(8-10-25)17-3-1-15(12-22)2-4-17/h1-4,16,18-19,23H,5-11,13-14H2/t16?,18-,19-/m0/s1. The lowest BCUT2D eigenvalue weighted by molar-refractivity contribution is -0.132. The molecule has 0 aromatic heterocycles. The number of benzene rings is 1. The van der Waals surface area contributed by atoms with Crippen LogP contribution in [0.3, 0.4) is 0 Å². The summed E-state index contributed by atoms with van der Waals surface area (Å²) in [5.74, 6) is 0.0638. The Morgan fingerprint density at radius 2 is 1.89 bits per heavy atom. The van der Waals surface area contributed by atoms with Gasteiger partial charge in [0.1, 0.15) is 6.17 Å². The molecule has 0 saturated carbocycles. The van der Waals surface area contributed by atoms with Crippen LogP contribution in [0, 0.1) is 11.3 Å². The molecule has 3 aliphatic rings. The second kappa shape index (κ2) is 7.83. The molecule has 0 spiro atoms. The smallest absolute Gasteiger partial charge is 0.239 e. The van der Waals surface area contributed by atoms with Crippen molar-refractivity contribution in [1.29, 1.82) is 5.26 Å². The minimum Gasteiger partial charge on any atom is -0.369 e. The van der Waals surface area contributed by atoms with Crippen LogP contribution in [0.5, 0.6) is 0 Å². The predicted molar refractivity (Wildman–Crippen MR) is 101 cm³/mol. The largest absolute Gasteiger partial charge is 0.369 e. The van der Waals surface area contributed by atoms with Gasteiger partial charge in [0.25, 0.3) is 0 Å². The second-order valence-corrected chi connectivity index (χ2v) is 7.70. The van der Waals surface area contributed by atoms with Gasteiger partial charge in [0, 0.05) is 51.0 Å². The molecule has 4 rings (SSSR count). The Morgan fingerprint density at radius 3 is 2.52 bits per heavy atom. The van der Waals surface area contributed by atoms with Gasteiger partial charge in [-0.2, -0.15) is 5.26 Å². The monoisotopic (exact) mass is 371 g/mol. The highest BCUT2D eigenvalue weighted by molar-refractivity contribution is 5.82. The third-order valence-corrected chi connectivity index (χ3v) is 6.04. The molecule has 3 fully saturated rings. The van der Waals surface area contributed by atoms with Gasteiger partial charge in [0.15, 0.2) is 0 Å². The van der Waals surface area contributed by atoms with Crippen LogP contribution in [-0.4, -0.2) is 79.8 Å². The topological polar surface area (TPSA) is 62.6 Å². The minimum atomic E-state index is -0.860. The van der Waals surface area contributed by atoms with Crippen molar-refractivity contribution in [2.75, 3.05) is 50.7 Å². The fourth-order valence-electron chi connectivity index (χ4n) is 4.41. The number of rotatable bonds is 3. The zero-order chi connectivity index (χ0) is 18.8. The number of carbonyl (C=O) groups is 1. The lowest BCUT2D eigenvalue weighted by Gasteiger charge is -2.39. The summed E-state index contributed by atoms with van der Waals surface area (Å²) in [6.07, 6.45) is 0.420. The molecule has 3 aliphatic heterocycles. The van der Waals surface area contributed by atoms with E-state index in [0.717, 1.165) is 44.8 Å². The third kappa shape index (κ3) is 3.92. The molecule has 3 heterocycles. The van der Waals surface area contributed by atoms with Crippen molar-refractivity contribution in [2.45, 2.75) is 31.1 Å². The van der Waals surface area contributed by atoms with E-state index in [1.54, 1.807) is 4.90 Å². The first-order valence-electron chi connectivity index (χ1n) is 9.79. The molecule has 0 bridgehead atoms. The zero-order valence-corrected chi connectivity index (χ0v) is 15.5. The van der Waals surface area contributed by atoms with Crippen LogP contribution in [-0.2, 0) is 4.79 Å². The average Bonchev–Trinajstić information content (AvgIpc) is 3.37. The molecular weight excluding hydrogens is 345 g/mol. The van der Waals surface area contributed by atoms with E-state index in [4.69, 9.17) is 5.26 Å². The Morgan fingerprint density at radius 1 is 1.15 bits per heavy atom. The van der Waals surface area contributed by atoms with Gasteiger partial charge in [-0.05, 0) is 37.1 Å². The fourth-order valence-corrected chi connectivity index (χ4v) is 4.41. The van der Waals surface area contributed by atoms with Gasteiger partial charge in [0.05, 0.1) is 24.2 Å². The Kier molecular flexibility index (Phi) is 5.28. The maximum Gasteiger partial charge on any atom is 0.239 e. The average molecular weight is 371 g/mol. The number of hydrogen-bond acceptors (Lipinski definition) is 5. The van der Waals surface area contributed by atoms with E-state index in [-0.39, 0.29) is 18.5 Å². The van der Waals surface area contributed by atoms with Crippen molar-refractivity contribution < 1.29 is 9.18 Å². The van der Waals surface area contributed by atoms with E-state index in [1.807, 2.05) is 24.3 Å². The van der Waals surface area contributed by atoms with Crippen molar-refractivity contribution in [3.8, 4) is 6.07 Å². The predicted octanol–water partition coefficient (Wildman–Crippen LogP) is 0.981. The van der Waals surface area contributed by atoms with Crippen LogP contribution >= 0.6 is 0 Å². The Balaban J connectivity index is 1.27. The SMILES string of the molecule is N#Cc1ccc(N2CCN([C@@H]3CN[C@H](C(=O)N4CCC(F)C4)C3)CC2)cc1. The maximum atomic E-state index is 13.4. The summed E-state index contributed by atoms with van der Waals surface area (Å²) < 4.78 is 13.4. The molecule has 1 aromatic carbocycles. The van der Waals surface area contributed by atoms with Gasteiger partial charge >= 0.3 is 0 Å². The second-order valence-electron chi connectivity index (χ2n) is 7.70. The highest BCUT2D eigenvalue weighted by Gasteiger charge is 2.37. The lowest BCUT2D eigenvalue weighted by Crippen LogP contribution is -2.51. The summed E-state index contributed by atoms with van der Waals surface area (Å²) >= 11 is 0. The number of nitriles is 1. The fraction of sp³-hybridized carbons (Fsp3) is 0.600. The normalized spacial score (nSPS) is 29.1. The van der Waals surface area contributed by atoms with Crippen LogP contribution in [0.1, 0.15) is 18.4 Å². The molecule has 3 saturated heterocycles. The van der Waals surface area contributed by atoms with E-state index in [2.05, 4.69) is 21.2 Å². The molecule has 1 amide bonds. The quantitative estimate of drug-likeness (QED) is 0.858. The number of anilines is 1. The van der Waals surface area contributed by atoms with Crippen molar-refractivity contribution in [1.82, 2.24) is 15.1 Å². The first kappa shape index (κ1) is 18.2. The number of amides is 1. The molecular formula is C20H26FN5O. The maximum absolute atomic E-state index is 13.4. The third-order valence-electron chi connectivity index (χ3n) is 6.04. The van der Waals surface area contributed by atoms with Crippen LogP contribution in [0.15, 0.2) is 24.3 Å². The summed E-state index contributed by atoms with van der Waals surface area (Å²) in [6.45, 7) is 5.43. The molecule has 0 radical (unpaired) electrons. The van der Waals surface area contributed by atoms with E-state index in [1.165, 1.54) is 0 Å². The van der Waals surface area contributed by atoms with Crippen molar-refractivity contribution in [2.24, 2.45) is 0 Å². The van der Waals surface area contributed by atoms with Crippen LogP contribution in [0.25, 0.3) is 0 Å². The molecule has 1 unspecified atom stereocenters. The van der Waals surface area contributed by atoms with Gasteiger partial charge in [-0.1, -0.05) is 0 Å². The van der Waals surface area contributed by atoms with Crippen LogP contribution in [0.4, 0.5) is 10.1 Å². The molecule has 6 nitrogen and oxygen atoms in total. The Hall–Kier alpha value is -2.17. The summed E-state index contributed by atoms with van der Waals surface area (Å²) in [7, 11) is 0. The van der Waals surface area contributed by atoms with E-state index >= 15 is 0 Å². The number of carbonyl (C=O) groups excluding carboxylic acids is 1. The summed E-state index contributed by atoms with van der Waals surface area (Å²) in [5.41, 5.74) is 1.84. The van der Waals surface area contributed by atoms with Gasteiger partial charge in [-0.25, -0.2) is 4.39 Å². The number of alkyl halides is 1. The molecule has 27 heavy (non-hydrogen) atoms.